The fourth-order valence-electron chi connectivity index (χ4n) is 3.04. The molecule has 2 rings (SSSR count). The molecule has 2 heteroatoms. The van der Waals surface area contributed by atoms with Crippen LogP contribution in [0.25, 0.3) is 0 Å². The number of benzene rings is 1. The van der Waals surface area contributed by atoms with Gasteiger partial charge in [0.15, 0.2) is 0 Å². The van der Waals surface area contributed by atoms with Gasteiger partial charge in [0.2, 0.25) is 0 Å². The summed E-state index contributed by atoms with van der Waals surface area (Å²) < 4.78 is 0. The first kappa shape index (κ1) is 13.9. The molecule has 1 nitrogen and oxygen atoms in total. The lowest BCUT2D eigenvalue weighted by molar-refractivity contribution is 0.430. The molecule has 100 valence electrons. The van der Waals surface area contributed by atoms with Crippen LogP contribution in [-0.2, 0) is 0 Å². The molecule has 18 heavy (non-hydrogen) atoms. The third-order valence-corrected chi connectivity index (χ3v) is 4.33. The fourth-order valence-corrected chi connectivity index (χ4v) is 3.17. The Morgan fingerprint density at radius 3 is 2.50 bits per heavy atom. The van der Waals surface area contributed by atoms with E-state index in [-0.39, 0.29) is 0 Å². The summed E-state index contributed by atoms with van der Waals surface area (Å²) >= 11 is 5.98. The minimum atomic E-state index is 0.644. The maximum atomic E-state index is 5.98. The lowest BCUT2D eigenvalue weighted by Gasteiger charge is -2.21. The van der Waals surface area contributed by atoms with Crippen LogP contribution in [0.5, 0.6) is 0 Å². The van der Waals surface area contributed by atoms with Crippen molar-refractivity contribution in [2.45, 2.75) is 44.9 Å². The van der Waals surface area contributed by atoms with E-state index < -0.39 is 0 Å². The molecule has 0 saturated heterocycles. The van der Waals surface area contributed by atoms with Gasteiger partial charge in [-0.3, -0.25) is 0 Å². The van der Waals surface area contributed by atoms with Crippen LogP contribution in [-0.4, -0.2) is 13.1 Å². The molecule has 1 aliphatic rings. The van der Waals surface area contributed by atoms with Crippen LogP contribution in [0.3, 0.4) is 0 Å². The van der Waals surface area contributed by atoms with Crippen molar-refractivity contribution in [2.24, 2.45) is 5.92 Å². The lowest BCUT2D eigenvalue weighted by Crippen LogP contribution is -2.22. The Morgan fingerprint density at radius 1 is 1.22 bits per heavy atom. The minimum absolute atomic E-state index is 0.644. The quantitative estimate of drug-likeness (QED) is 0.792. The average Bonchev–Trinajstić information content (AvgIpc) is 2.88. The summed E-state index contributed by atoms with van der Waals surface area (Å²) in [6, 6.07) is 8.42. The minimum Gasteiger partial charge on any atom is -0.316 e. The van der Waals surface area contributed by atoms with Gasteiger partial charge in [-0.15, -0.1) is 0 Å². The summed E-state index contributed by atoms with van der Waals surface area (Å²) in [6.45, 7) is 4.32. The Bertz CT molecular complexity index is 341. The van der Waals surface area contributed by atoms with Gasteiger partial charge in [-0.25, -0.2) is 0 Å². The molecule has 1 fully saturated rings. The molecule has 1 aliphatic carbocycles. The highest BCUT2D eigenvalue weighted by Crippen LogP contribution is 2.34. The standard InChI is InChI=1S/C16H24ClN/c1-2-18-12-15(11-13-5-3-4-6-13)14-7-9-16(17)10-8-14/h7-10,13,15,18H,2-6,11-12H2,1H3. The first-order chi connectivity index (χ1) is 8.79. The smallest absolute Gasteiger partial charge is 0.0406 e. The predicted octanol–water partition coefficient (Wildman–Crippen LogP) is 4.61. The van der Waals surface area contributed by atoms with Gasteiger partial charge in [0.05, 0.1) is 0 Å². The Hall–Kier alpha value is -0.530. The first-order valence-electron chi connectivity index (χ1n) is 7.25. The summed E-state index contributed by atoms with van der Waals surface area (Å²) in [5.74, 6) is 1.58. The van der Waals surface area contributed by atoms with E-state index in [9.17, 15) is 0 Å². The van der Waals surface area contributed by atoms with Gasteiger partial charge >= 0.3 is 0 Å². The highest BCUT2D eigenvalue weighted by atomic mass is 35.5. The molecule has 1 saturated carbocycles. The summed E-state index contributed by atoms with van der Waals surface area (Å²) in [6.07, 6.45) is 7.04. The maximum absolute atomic E-state index is 5.98. The first-order valence-corrected chi connectivity index (χ1v) is 7.63. The molecular formula is C16H24ClN. The maximum Gasteiger partial charge on any atom is 0.0406 e. The highest BCUT2D eigenvalue weighted by molar-refractivity contribution is 6.30. The molecule has 0 amide bonds. The molecule has 0 aliphatic heterocycles. The molecule has 1 unspecified atom stereocenters. The molecule has 0 radical (unpaired) electrons. The van der Waals surface area contributed by atoms with Gasteiger partial charge < -0.3 is 5.32 Å². The second kappa shape index (κ2) is 7.16. The van der Waals surface area contributed by atoms with Crippen molar-refractivity contribution < 1.29 is 0 Å². The Labute approximate surface area is 116 Å². The van der Waals surface area contributed by atoms with Crippen LogP contribution in [0, 0.1) is 5.92 Å². The number of hydrogen-bond donors (Lipinski definition) is 1. The van der Waals surface area contributed by atoms with Crippen LogP contribution in [0.4, 0.5) is 0 Å². The van der Waals surface area contributed by atoms with Crippen LogP contribution in [0.2, 0.25) is 5.02 Å². The third-order valence-electron chi connectivity index (χ3n) is 4.07. The second-order valence-corrected chi connectivity index (χ2v) is 5.88. The highest BCUT2D eigenvalue weighted by Gasteiger charge is 2.21. The zero-order valence-corrected chi connectivity index (χ0v) is 12.0. The van der Waals surface area contributed by atoms with Crippen LogP contribution < -0.4 is 5.32 Å². The van der Waals surface area contributed by atoms with Crippen molar-refractivity contribution in [2.75, 3.05) is 13.1 Å². The monoisotopic (exact) mass is 265 g/mol. The zero-order valence-electron chi connectivity index (χ0n) is 11.3. The number of halogens is 1. The third kappa shape index (κ3) is 4.00. The zero-order chi connectivity index (χ0) is 12.8. The Morgan fingerprint density at radius 2 is 1.89 bits per heavy atom. The van der Waals surface area contributed by atoms with Gasteiger partial charge in [-0.1, -0.05) is 56.3 Å². The van der Waals surface area contributed by atoms with Gasteiger partial charge in [0, 0.05) is 11.6 Å². The van der Waals surface area contributed by atoms with Gasteiger partial charge in [0.1, 0.15) is 0 Å². The van der Waals surface area contributed by atoms with Crippen molar-refractivity contribution in [3.8, 4) is 0 Å². The molecule has 1 aromatic rings. The topological polar surface area (TPSA) is 12.0 Å². The molecule has 0 spiro atoms. The average molecular weight is 266 g/mol. The van der Waals surface area contributed by atoms with Crippen LogP contribution >= 0.6 is 11.6 Å². The predicted molar refractivity (Wildman–Crippen MR) is 79.3 cm³/mol. The number of hydrogen-bond acceptors (Lipinski definition) is 1. The summed E-state index contributed by atoms with van der Waals surface area (Å²) in [4.78, 5) is 0. The second-order valence-electron chi connectivity index (χ2n) is 5.44. The Balaban J connectivity index is 2.00. The van der Waals surface area contributed by atoms with Crippen molar-refractivity contribution in [3.05, 3.63) is 34.9 Å². The molecular weight excluding hydrogens is 242 g/mol. The van der Waals surface area contributed by atoms with Gasteiger partial charge in [-0.2, -0.15) is 0 Å². The molecule has 1 N–H and O–H groups in total. The molecule has 0 bridgehead atoms. The molecule has 1 aromatic carbocycles. The molecule has 0 heterocycles. The van der Waals surface area contributed by atoms with E-state index in [1.807, 2.05) is 12.1 Å². The lowest BCUT2D eigenvalue weighted by atomic mass is 9.88. The van der Waals surface area contributed by atoms with E-state index in [1.165, 1.54) is 37.7 Å². The van der Waals surface area contributed by atoms with Crippen molar-refractivity contribution >= 4 is 11.6 Å². The Kier molecular flexibility index (Phi) is 5.52. The number of rotatable bonds is 6. The van der Waals surface area contributed by atoms with E-state index in [2.05, 4.69) is 24.4 Å². The fraction of sp³-hybridized carbons (Fsp3) is 0.625. The normalized spacial score (nSPS) is 18.1. The SMILES string of the molecule is CCNCC(CC1CCCC1)c1ccc(Cl)cc1. The van der Waals surface area contributed by atoms with Crippen molar-refractivity contribution in [3.63, 3.8) is 0 Å². The van der Waals surface area contributed by atoms with E-state index in [0.29, 0.717) is 5.92 Å². The number of nitrogens with one attached hydrogen (secondary N) is 1. The summed E-state index contributed by atoms with van der Waals surface area (Å²) in [5, 5.41) is 4.34. The van der Waals surface area contributed by atoms with Crippen molar-refractivity contribution in [1.82, 2.24) is 5.32 Å². The van der Waals surface area contributed by atoms with Gasteiger partial charge in [-0.05, 0) is 42.5 Å². The van der Waals surface area contributed by atoms with E-state index in [1.54, 1.807) is 0 Å². The van der Waals surface area contributed by atoms with Crippen molar-refractivity contribution in [1.29, 1.82) is 0 Å². The van der Waals surface area contributed by atoms with E-state index in [0.717, 1.165) is 24.0 Å². The largest absolute Gasteiger partial charge is 0.316 e. The number of likely N-dealkylation sites (N-methyl/N-ethyl adjacent to an activating group) is 1. The van der Waals surface area contributed by atoms with E-state index in [4.69, 9.17) is 11.6 Å². The van der Waals surface area contributed by atoms with Crippen LogP contribution in [0.15, 0.2) is 24.3 Å². The summed E-state index contributed by atoms with van der Waals surface area (Å²) in [7, 11) is 0. The van der Waals surface area contributed by atoms with Crippen LogP contribution in [0.1, 0.15) is 50.5 Å². The molecule has 0 aromatic heterocycles. The molecule has 1 atom stereocenters. The van der Waals surface area contributed by atoms with E-state index >= 15 is 0 Å². The summed E-state index contributed by atoms with van der Waals surface area (Å²) in [5.41, 5.74) is 1.44. The van der Waals surface area contributed by atoms with Gasteiger partial charge in [0.25, 0.3) is 0 Å².